The predicted octanol–water partition coefficient (Wildman–Crippen LogP) is 2.57. The zero-order valence-electron chi connectivity index (χ0n) is 10.8. The van der Waals surface area contributed by atoms with E-state index in [1.54, 1.807) is 12.1 Å². The molecular weight excluding hydrogens is 262 g/mol. The Morgan fingerprint density at radius 1 is 1.40 bits per heavy atom. The number of nitro groups is 1. The minimum absolute atomic E-state index is 0.0137. The number of hydrogen-bond acceptors (Lipinski definition) is 4. The monoisotopic (exact) mass is 275 g/mol. The maximum Gasteiger partial charge on any atom is 0.354 e. The van der Waals surface area contributed by atoms with Crippen molar-refractivity contribution in [3.05, 3.63) is 46.1 Å². The van der Waals surface area contributed by atoms with Crippen LogP contribution in [0.3, 0.4) is 0 Å². The Morgan fingerprint density at radius 3 is 2.55 bits per heavy atom. The Morgan fingerprint density at radius 2 is 2.05 bits per heavy atom. The Labute approximate surface area is 114 Å². The third kappa shape index (κ3) is 2.66. The van der Waals surface area contributed by atoms with E-state index in [0.717, 1.165) is 6.42 Å². The smallest absolute Gasteiger partial charge is 0.354 e. The molecule has 0 saturated heterocycles. The van der Waals surface area contributed by atoms with Crippen LogP contribution in [0.25, 0.3) is 11.3 Å². The fourth-order valence-electron chi connectivity index (χ4n) is 1.87. The summed E-state index contributed by atoms with van der Waals surface area (Å²) in [5.41, 5.74) is 1.24. The lowest BCUT2D eigenvalue weighted by molar-refractivity contribution is -0.384. The van der Waals surface area contributed by atoms with E-state index in [0.29, 0.717) is 17.8 Å². The summed E-state index contributed by atoms with van der Waals surface area (Å²) in [6.45, 7) is 2.44. The van der Waals surface area contributed by atoms with Crippen LogP contribution in [0.15, 0.2) is 30.3 Å². The quantitative estimate of drug-likeness (QED) is 0.667. The third-order valence-corrected chi connectivity index (χ3v) is 2.81. The molecule has 0 saturated carbocycles. The lowest BCUT2D eigenvalue weighted by atomic mass is 10.1. The second-order valence-electron chi connectivity index (χ2n) is 4.25. The summed E-state index contributed by atoms with van der Waals surface area (Å²) in [6, 6.07) is 7.33. The Hall–Kier alpha value is -2.70. The van der Waals surface area contributed by atoms with E-state index in [4.69, 9.17) is 5.11 Å². The fourth-order valence-corrected chi connectivity index (χ4v) is 1.87. The normalized spacial score (nSPS) is 10.4. The number of rotatable bonds is 5. The zero-order valence-corrected chi connectivity index (χ0v) is 10.8. The summed E-state index contributed by atoms with van der Waals surface area (Å²) >= 11 is 0. The molecule has 2 aromatic rings. The van der Waals surface area contributed by atoms with Gasteiger partial charge in [0.25, 0.3) is 5.69 Å². The Balaban J connectivity index is 2.39. The number of aromatic carboxylic acids is 1. The van der Waals surface area contributed by atoms with Gasteiger partial charge in [0.1, 0.15) is 5.69 Å². The van der Waals surface area contributed by atoms with Gasteiger partial charge in [-0.3, -0.25) is 14.8 Å². The molecule has 0 atom stereocenters. The Bertz CT molecular complexity index is 646. The van der Waals surface area contributed by atoms with Crippen molar-refractivity contribution in [2.24, 2.45) is 0 Å². The lowest BCUT2D eigenvalue weighted by Crippen LogP contribution is -2.09. The standard InChI is InChI=1S/C13H13N3O4/c1-2-7-15-12(13(17)18)8-11(14-15)9-3-5-10(6-4-9)16(19)20/h3-6,8H,2,7H2,1H3,(H,17,18). The molecule has 0 spiro atoms. The number of carboxylic acid groups (broad SMARTS) is 1. The minimum Gasteiger partial charge on any atom is -0.477 e. The molecule has 0 aliphatic heterocycles. The van der Waals surface area contributed by atoms with Crippen molar-refractivity contribution < 1.29 is 14.8 Å². The van der Waals surface area contributed by atoms with E-state index in [1.807, 2.05) is 6.92 Å². The maximum atomic E-state index is 11.1. The highest BCUT2D eigenvalue weighted by molar-refractivity contribution is 5.87. The molecule has 0 bridgehead atoms. The number of hydrogen-bond donors (Lipinski definition) is 1. The number of carbonyl (C=O) groups is 1. The van der Waals surface area contributed by atoms with E-state index in [1.165, 1.54) is 22.9 Å². The van der Waals surface area contributed by atoms with Gasteiger partial charge in [-0.15, -0.1) is 0 Å². The molecule has 7 heteroatoms. The van der Waals surface area contributed by atoms with Crippen LogP contribution in [-0.2, 0) is 6.54 Å². The third-order valence-electron chi connectivity index (χ3n) is 2.81. The van der Waals surface area contributed by atoms with Crippen LogP contribution in [0.5, 0.6) is 0 Å². The number of non-ortho nitro benzene ring substituents is 1. The summed E-state index contributed by atoms with van der Waals surface area (Å²) in [4.78, 5) is 21.2. The van der Waals surface area contributed by atoms with E-state index >= 15 is 0 Å². The van der Waals surface area contributed by atoms with Crippen molar-refractivity contribution in [1.29, 1.82) is 0 Å². The number of nitrogens with zero attached hydrogens (tertiary/aromatic N) is 3. The Kier molecular flexibility index (Phi) is 3.79. The first-order valence-electron chi connectivity index (χ1n) is 6.09. The summed E-state index contributed by atoms with van der Waals surface area (Å²) in [6.07, 6.45) is 0.766. The van der Waals surface area contributed by atoms with Gasteiger partial charge in [0.2, 0.25) is 0 Å². The highest BCUT2D eigenvalue weighted by atomic mass is 16.6. The van der Waals surface area contributed by atoms with Crippen LogP contribution in [-0.4, -0.2) is 25.8 Å². The molecule has 0 fully saturated rings. The molecule has 2 rings (SSSR count). The summed E-state index contributed by atoms with van der Waals surface area (Å²) < 4.78 is 1.43. The van der Waals surface area contributed by atoms with Crippen LogP contribution < -0.4 is 0 Å². The molecule has 0 aliphatic rings. The molecule has 1 heterocycles. The van der Waals surface area contributed by atoms with E-state index in [-0.39, 0.29) is 11.4 Å². The maximum absolute atomic E-state index is 11.1. The molecule has 0 aliphatic carbocycles. The molecule has 1 aromatic heterocycles. The summed E-state index contributed by atoms with van der Waals surface area (Å²) in [5.74, 6) is -1.04. The first-order chi connectivity index (χ1) is 9.52. The van der Waals surface area contributed by atoms with Crippen molar-refractivity contribution in [3.63, 3.8) is 0 Å². The van der Waals surface area contributed by atoms with Gasteiger partial charge < -0.3 is 5.11 Å². The molecular formula is C13H13N3O4. The largest absolute Gasteiger partial charge is 0.477 e. The summed E-state index contributed by atoms with van der Waals surface area (Å²) in [5, 5.41) is 23.9. The molecule has 7 nitrogen and oxygen atoms in total. The average molecular weight is 275 g/mol. The van der Waals surface area contributed by atoms with E-state index in [9.17, 15) is 14.9 Å². The SMILES string of the molecule is CCCn1nc(-c2ccc([N+](=O)[O-])cc2)cc1C(=O)O. The molecule has 20 heavy (non-hydrogen) atoms. The van der Waals surface area contributed by atoms with Gasteiger partial charge in [0.05, 0.1) is 10.6 Å². The van der Waals surface area contributed by atoms with Crippen molar-refractivity contribution in [3.8, 4) is 11.3 Å². The molecule has 0 radical (unpaired) electrons. The second-order valence-corrected chi connectivity index (χ2v) is 4.25. The van der Waals surface area contributed by atoms with Crippen molar-refractivity contribution in [2.75, 3.05) is 0 Å². The van der Waals surface area contributed by atoms with Crippen LogP contribution in [0.1, 0.15) is 23.8 Å². The predicted molar refractivity (Wildman–Crippen MR) is 71.6 cm³/mol. The van der Waals surface area contributed by atoms with Gasteiger partial charge in [-0.25, -0.2) is 4.79 Å². The first kappa shape index (κ1) is 13.7. The molecule has 104 valence electrons. The van der Waals surface area contributed by atoms with Gasteiger partial charge in [0.15, 0.2) is 0 Å². The first-order valence-corrected chi connectivity index (χ1v) is 6.09. The van der Waals surface area contributed by atoms with Crippen molar-refractivity contribution in [2.45, 2.75) is 19.9 Å². The molecule has 0 amide bonds. The lowest BCUT2D eigenvalue weighted by Gasteiger charge is -2.00. The van der Waals surface area contributed by atoms with E-state index in [2.05, 4.69) is 5.10 Å². The molecule has 1 N–H and O–H groups in total. The van der Waals surface area contributed by atoms with Gasteiger partial charge in [-0.2, -0.15) is 5.10 Å². The molecule has 1 aromatic carbocycles. The highest BCUT2D eigenvalue weighted by Gasteiger charge is 2.15. The van der Waals surface area contributed by atoms with Crippen LogP contribution in [0.2, 0.25) is 0 Å². The fraction of sp³-hybridized carbons (Fsp3) is 0.231. The zero-order chi connectivity index (χ0) is 14.7. The van der Waals surface area contributed by atoms with E-state index < -0.39 is 10.9 Å². The van der Waals surface area contributed by atoms with Gasteiger partial charge >= 0.3 is 5.97 Å². The van der Waals surface area contributed by atoms with Gasteiger partial charge in [-0.1, -0.05) is 6.92 Å². The second kappa shape index (κ2) is 5.52. The van der Waals surface area contributed by atoms with Gasteiger partial charge in [-0.05, 0) is 24.6 Å². The number of aryl methyl sites for hydroxylation is 1. The van der Waals surface area contributed by atoms with Crippen LogP contribution >= 0.6 is 0 Å². The van der Waals surface area contributed by atoms with Crippen molar-refractivity contribution >= 4 is 11.7 Å². The number of aromatic nitrogens is 2. The molecule has 0 unspecified atom stereocenters. The number of nitro benzene ring substituents is 1. The van der Waals surface area contributed by atoms with Gasteiger partial charge in [0, 0.05) is 24.2 Å². The average Bonchev–Trinajstić information content (AvgIpc) is 2.83. The minimum atomic E-state index is -1.04. The van der Waals surface area contributed by atoms with Crippen LogP contribution in [0, 0.1) is 10.1 Å². The number of benzene rings is 1. The number of carboxylic acids is 1. The summed E-state index contributed by atoms with van der Waals surface area (Å²) in [7, 11) is 0. The highest BCUT2D eigenvalue weighted by Crippen LogP contribution is 2.22. The van der Waals surface area contributed by atoms with Crippen molar-refractivity contribution in [1.82, 2.24) is 9.78 Å². The topological polar surface area (TPSA) is 98.3 Å². The van der Waals surface area contributed by atoms with Crippen LogP contribution in [0.4, 0.5) is 5.69 Å².